The molecule has 0 radical (unpaired) electrons. The Morgan fingerprint density at radius 3 is 2.14 bits per heavy atom. The molecule has 0 aliphatic rings. The van der Waals surface area contributed by atoms with Crippen LogP contribution < -0.4 is 5.32 Å². The van der Waals surface area contributed by atoms with Gasteiger partial charge >= 0.3 is 5.97 Å². The Bertz CT molecular complexity index is 1050. The SMILES string of the molecule is Cc1ccc(NC(=O)COC(=O)c2ccc(C(=O)c3ccccc3)cc2)c(Br)c1. The number of esters is 1. The number of amides is 1. The van der Waals surface area contributed by atoms with E-state index in [-0.39, 0.29) is 11.3 Å². The van der Waals surface area contributed by atoms with E-state index in [2.05, 4.69) is 21.2 Å². The highest BCUT2D eigenvalue weighted by Crippen LogP contribution is 2.23. The minimum absolute atomic E-state index is 0.131. The third-order valence-corrected chi connectivity index (χ3v) is 4.81. The Labute approximate surface area is 176 Å². The highest BCUT2D eigenvalue weighted by Gasteiger charge is 2.13. The zero-order valence-electron chi connectivity index (χ0n) is 15.6. The normalized spacial score (nSPS) is 10.3. The minimum atomic E-state index is -0.637. The van der Waals surface area contributed by atoms with Crippen molar-refractivity contribution in [3.63, 3.8) is 0 Å². The van der Waals surface area contributed by atoms with Crippen LogP contribution in [0.15, 0.2) is 77.3 Å². The number of carbonyl (C=O) groups excluding carboxylic acids is 3. The van der Waals surface area contributed by atoms with Gasteiger partial charge in [0.15, 0.2) is 12.4 Å². The second kappa shape index (κ2) is 9.30. The molecular formula is C23H18BrNO4. The average Bonchev–Trinajstić information content (AvgIpc) is 2.74. The first kappa shape index (κ1) is 20.5. The van der Waals surface area contributed by atoms with Crippen LogP contribution in [-0.2, 0) is 9.53 Å². The summed E-state index contributed by atoms with van der Waals surface area (Å²) in [6.45, 7) is 1.53. The van der Waals surface area contributed by atoms with Crippen LogP contribution in [0.1, 0.15) is 31.8 Å². The highest BCUT2D eigenvalue weighted by molar-refractivity contribution is 9.10. The van der Waals surface area contributed by atoms with E-state index in [0.717, 1.165) is 10.0 Å². The van der Waals surface area contributed by atoms with Crippen molar-refractivity contribution in [1.82, 2.24) is 0 Å². The fraction of sp³-hybridized carbons (Fsp3) is 0.0870. The van der Waals surface area contributed by atoms with Gasteiger partial charge in [-0.15, -0.1) is 0 Å². The molecule has 29 heavy (non-hydrogen) atoms. The van der Waals surface area contributed by atoms with Crippen molar-refractivity contribution in [2.45, 2.75) is 6.92 Å². The molecule has 0 fully saturated rings. The van der Waals surface area contributed by atoms with Gasteiger partial charge in [-0.05, 0) is 52.7 Å². The van der Waals surface area contributed by atoms with Gasteiger partial charge in [-0.25, -0.2) is 4.79 Å². The van der Waals surface area contributed by atoms with Crippen LogP contribution in [0.5, 0.6) is 0 Å². The zero-order chi connectivity index (χ0) is 20.8. The Balaban J connectivity index is 1.56. The van der Waals surface area contributed by atoms with Crippen LogP contribution >= 0.6 is 15.9 Å². The summed E-state index contributed by atoms with van der Waals surface area (Å²) < 4.78 is 5.81. The molecule has 146 valence electrons. The number of ketones is 1. The quantitative estimate of drug-likeness (QED) is 0.432. The molecule has 0 unspecified atom stereocenters. The molecule has 0 aromatic heterocycles. The lowest BCUT2D eigenvalue weighted by Crippen LogP contribution is -2.21. The largest absolute Gasteiger partial charge is 0.452 e. The van der Waals surface area contributed by atoms with E-state index >= 15 is 0 Å². The van der Waals surface area contributed by atoms with Crippen molar-refractivity contribution >= 4 is 39.3 Å². The van der Waals surface area contributed by atoms with Crippen molar-refractivity contribution < 1.29 is 19.1 Å². The van der Waals surface area contributed by atoms with Crippen molar-refractivity contribution in [3.8, 4) is 0 Å². The Kier molecular flexibility index (Phi) is 6.57. The van der Waals surface area contributed by atoms with Crippen molar-refractivity contribution in [3.05, 3.63) is 99.5 Å². The van der Waals surface area contributed by atoms with Crippen molar-refractivity contribution in [1.29, 1.82) is 0 Å². The molecule has 0 heterocycles. The topological polar surface area (TPSA) is 72.5 Å². The second-order valence-electron chi connectivity index (χ2n) is 6.38. The molecule has 3 rings (SSSR count). The molecule has 3 aromatic carbocycles. The minimum Gasteiger partial charge on any atom is -0.452 e. The summed E-state index contributed by atoms with van der Waals surface area (Å²) in [7, 11) is 0. The molecule has 1 amide bonds. The van der Waals surface area contributed by atoms with Gasteiger partial charge in [0.05, 0.1) is 11.3 Å². The number of halogens is 1. The summed E-state index contributed by atoms with van der Waals surface area (Å²) in [5, 5.41) is 2.68. The smallest absolute Gasteiger partial charge is 0.338 e. The molecule has 0 saturated heterocycles. The van der Waals surface area contributed by atoms with Gasteiger partial charge in [-0.1, -0.05) is 48.5 Å². The van der Waals surface area contributed by atoms with Gasteiger partial charge in [0.2, 0.25) is 0 Å². The number of hydrogen-bond acceptors (Lipinski definition) is 4. The van der Waals surface area contributed by atoms with Gasteiger partial charge in [0, 0.05) is 15.6 Å². The molecule has 5 nitrogen and oxygen atoms in total. The maximum absolute atomic E-state index is 12.4. The molecule has 1 N–H and O–H groups in total. The first-order valence-electron chi connectivity index (χ1n) is 8.87. The lowest BCUT2D eigenvalue weighted by molar-refractivity contribution is -0.119. The fourth-order valence-corrected chi connectivity index (χ4v) is 3.23. The first-order valence-corrected chi connectivity index (χ1v) is 9.66. The second-order valence-corrected chi connectivity index (χ2v) is 7.23. The van der Waals surface area contributed by atoms with Crippen LogP contribution in [0.4, 0.5) is 5.69 Å². The van der Waals surface area contributed by atoms with E-state index in [1.807, 2.05) is 25.1 Å². The van der Waals surface area contributed by atoms with Crippen LogP contribution in [-0.4, -0.2) is 24.3 Å². The predicted molar refractivity (Wildman–Crippen MR) is 114 cm³/mol. The van der Waals surface area contributed by atoms with Gasteiger partial charge in [-0.3, -0.25) is 9.59 Å². The number of hydrogen-bond donors (Lipinski definition) is 1. The number of anilines is 1. The van der Waals surface area contributed by atoms with E-state index in [9.17, 15) is 14.4 Å². The van der Waals surface area contributed by atoms with Crippen LogP contribution in [0.3, 0.4) is 0 Å². The Morgan fingerprint density at radius 1 is 0.862 bits per heavy atom. The number of benzene rings is 3. The van der Waals surface area contributed by atoms with E-state index in [4.69, 9.17) is 4.74 Å². The summed E-state index contributed by atoms with van der Waals surface area (Å²) in [6.07, 6.45) is 0. The maximum atomic E-state index is 12.4. The lowest BCUT2D eigenvalue weighted by atomic mass is 10.0. The van der Waals surface area contributed by atoms with Gasteiger partial charge in [0.25, 0.3) is 5.91 Å². The number of carbonyl (C=O) groups is 3. The van der Waals surface area contributed by atoms with Crippen LogP contribution in [0.25, 0.3) is 0 Å². The summed E-state index contributed by atoms with van der Waals surface area (Å²) in [5.41, 5.74) is 2.95. The van der Waals surface area contributed by atoms with Gasteiger partial charge in [-0.2, -0.15) is 0 Å². The maximum Gasteiger partial charge on any atom is 0.338 e. The molecule has 0 saturated carbocycles. The standard InChI is InChI=1S/C23H18BrNO4/c1-15-7-12-20(19(24)13-15)25-21(26)14-29-23(28)18-10-8-17(9-11-18)22(27)16-5-3-2-4-6-16/h2-13H,14H2,1H3,(H,25,26). The monoisotopic (exact) mass is 451 g/mol. The third-order valence-electron chi connectivity index (χ3n) is 4.15. The van der Waals surface area contributed by atoms with Crippen molar-refractivity contribution in [2.75, 3.05) is 11.9 Å². The van der Waals surface area contributed by atoms with Gasteiger partial charge in [0.1, 0.15) is 0 Å². The lowest BCUT2D eigenvalue weighted by Gasteiger charge is -2.09. The van der Waals surface area contributed by atoms with Gasteiger partial charge < -0.3 is 10.1 Å². The number of ether oxygens (including phenoxy) is 1. The van der Waals surface area contributed by atoms with E-state index in [1.165, 1.54) is 12.1 Å². The Hall–Kier alpha value is -3.25. The molecule has 0 spiro atoms. The summed E-state index contributed by atoms with van der Waals surface area (Å²) in [4.78, 5) is 36.6. The van der Waals surface area contributed by atoms with E-state index in [0.29, 0.717) is 16.8 Å². The summed E-state index contributed by atoms with van der Waals surface area (Å²) in [6, 6.07) is 20.5. The number of rotatable bonds is 6. The summed E-state index contributed by atoms with van der Waals surface area (Å²) >= 11 is 3.38. The zero-order valence-corrected chi connectivity index (χ0v) is 17.2. The molecule has 3 aromatic rings. The fourth-order valence-electron chi connectivity index (χ4n) is 2.64. The highest BCUT2D eigenvalue weighted by atomic mass is 79.9. The molecular weight excluding hydrogens is 434 g/mol. The Morgan fingerprint density at radius 2 is 1.48 bits per heavy atom. The van der Waals surface area contributed by atoms with Crippen LogP contribution in [0, 0.1) is 6.92 Å². The van der Waals surface area contributed by atoms with Crippen molar-refractivity contribution in [2.24, 2.45) is 0 Å². The van der Waals surface area contributed by atoms with Crippen LogP contribution in [0.2, 0.25) is 0 Å². The molecule has 0 bridgehead atoms. The molecule has 0 atom stereocenters. The molecule has 0 aliphatic carbocycles. The predicted octanol–water partition coefficient (Wildman–Crippen LogP) is 4.78. The van der Waals surface area contributed by atoms with E-state index in [1.54, 1.807) is 42.5 Å². The van der Waals surface area contributed by atoms with E-state index < -0.39 is 18.5 Å². The number of nitrogens with one attached hydrogen (secondary N) is 1. The number of aryl methyl sites for hydroxylation is 1. The molecule has 6 heteroatoms. The average molecular weight is 452 g/mol. The first-order chi connectivity index (χ1) is 13.9. The third kappa shape index (κ3) is 5.39. The molecule has 0 aliphatic heterocycles. The summed E-state index contributed by atoms with van der Waals surface area (Å²) in [5.74, 6) is -1.21.